The summed E-state index contributed by atoms with van der Waals surface area (Å²) >= 11 is 0. The van der Waals surface area contributed by atoms with Crippen LogP contribution in [0.4, 0.5) is 0 Å². The van der Waals surface area contributed by atoms with Crippen molar-refractivity contribution in [2.24, 2.45) is 0 Å². The number of para-hydroxylation sites is 1. The standard InChI is InChI=1S/C18H23NO4/c1-22-16-9-5-4-8-15(16)10-11-18(21)23-14-17(20)19-12-6-2-3-7-13-19/h4-5,8-11H,2-3,6-7,12-14H2,1H3. The minimum atomic E-state index is -0.529. The van der Waals surface area contributed by atoms with Crippen LogP contribution in [0.15, 0.2) is 30.3 Å². The Hall–Kier alpha value is -2.30. The van der Waals surface area contributed by atoms with Crippen LogP contribution in [0.2, 0.25) is 0 Å². The Morgan fingerprint density at radius 2 is 1.83 bits per heavy atom. The van der Waals surface area contributed by atoms with Gasteiger partial charge < -0.3 is 14.4 Å². The van der Waals surface area contributed by atoms with Crippen molar-refractivity contribution >= 4 is 18.0 Å². The Morgan fingerprint density at radius 1 is 1.13 bits per heavy atom. The van der Waals surface area contributed by atoms with E-state index in [0.29, 0.717) is 5.75 Å². The van der Waals surface area contributed by atoms with Crippen molar-refractivity contribution in [3.05, 3.63) is 35.9 Å². The molecular formula is C18H23NO4. The van der Waals surface area contributed by atoms with Gasteiger partial charge in [-0.05, 0) is 25.0 Å². The number of benzene rings is 1. The molecule has 1 fully saturated rings. The molecule has 1 aromatic carbocycles. The predicted molar refractivity (Wildman–Crippen MR) is 88.0 cm³/mol. The van der Waals surface area contributed by atoms with Crippen LogP contribution in [0.3, 0.4) is 0 Å². The van der Waals surface area contributed by atoms with Gasteiger partial charge in [0.1, 0.15) is 5.75 Å². The number of esters is 1. The first-order valence-corrected chi connectivity index (χ1v) is 7.96. The van der Waals surface area contributed by atoms with Gasteiger partial charge in [0.15, 0.2) is 6.61 Å². The predicted octanol–water partition coefficient (Wildman–Crippen LogP) is 2.65. The van der Waals surface area contributed by atoms with Crippen molar-refractivity contribution in [3.8, 4) is 5.75 Å². The van der Waals surface area contributed by atoms with Gasteiger partial charge >= 0.3 is 5.97 Å². The van der Waals surface area contributed by atoms with Crippen molar-refractivity contribution in [2.75, 3.05) is 26.8 Å². The molecule has 1 amide bonds. The first-order valence-electron chi connectivity index (χ1n) is 7.96. The van der Waals surface area contributed by atoms with Crippen LogP contribution in [0.25, 0.3) is 6.08 Å². The summed E-state index contributed by atoms with van der Waals surface area (Å²) in [6.45, 7) is 1.32. The van der Waals surface area contributed by atoms with Gasteiger partial charge in [0.2, 0.25) is 0 Å². The Bertz CT molecular complexity index is 560. The Labute approximate surface area is 136 Å². The number of carbonyl (C=O) groups excluding carboxylic acids is 2. The summed E-state index contributed by atoms with van der Waals surface area (Å²) in [7, 11) is 1.57. The number of likely N-dealkylation sites (tertiary alicyclic amines) is 1. The SMILES string of the molecule is COc1ccccc1C=CC(=O)OCC(=O)N1CCCCCC1. The topological polar surface area (TPSA) is 55.8 Å². The number of nitrogens with zero attached hydrogens (tertiary/aromatic N) is 1. The fourth-order valence-electron chi connectivity index (χ4n) is 2.55. The highest BCUT2D eigenvalue weighted by Gasteiger charge is 2.16. The van der Waals surface area contributed by atoms with Gasteiger partial charge in [0.05, 0.1) is 7.11 Å². The average molecular weight is 317 g/mol. The molecule has 1 heterocycles. The first kappa shape index (κ1) is 17.1. The number of rotatable bonds is 5. The molecule has 124 valence electrons. The van der Waals surface area contributed by atoms with Gasteiger partial charge in [-0.15, -0.1) is 0 Å². The third-order valence-electron chi connectivity index (χ3n) is 3.83. The minimum absolute atomic E-state index is 0.119. The van der Waals surface area contributed by atoms with Gasteiger partial charge in [-0.25, -0.2) is 4.79 Å². The van der Waals surface area contributed by atoms with E-state index in [-0.39, 0.29) is 12.5 Å². The maximum Gasteiger partial charge on any atom is 0.331 e. The van der Waals surface area contributed by atoms with Crippen LogP contribution in [0, 0.1) is 0 Å². The van der Waals surface area contributed by atoms with E-state index in [4.69, 9.17) is 9.47 Å². The molecule has 0 unspecified atom stereocenters. The Balaban J connectivity index is 1.82. The molecule has 0 atom stereocenters. The van der Waals surface area contributed by atoms with Crippen LogP contribution in [0.5, 0.6) is 5.75 Å². The van der Waals surface area contributed by atoms with Crippen molar-refractivity contribution in [3.63, 3.8) is 0 Å². The highest BCUT2D eigenvalue weighted by atomic mass is 16.5. The number of carbonyl (C=O) groups is 2. The second-order valence-corrected chi connectivity index (χ2v) is 5.48. The van der Waals surface area contributed by atoms with Crippen molar-refractivity contribution in [1.82, 2.24) is 4.90 Å². The summed E-state index contributed by atoms with van der Waals surface area (Å²) in [6, 6.07) is 7.36. The molecule has 0 aliphatic carbocycles. The van der Waals surface area contributed by atoms with Crippen LogP contribution >= 0.6 is 0 Å². The third kappa shape index (κ3) is 5.43. The van der Waals surface area contributed by atoms with E-state index in [9.17, 15) is 9.59 Å². The van der Waals surface area contributed by atoms with Crippen molar-refractivity contribution in [2.45, 2.75) is 25.7 Å². The van der Waals surface area contributed by atoms with Crippen molar-refractivity contribution < 1.29 is 19.1 Å². The van der Waals surface area contributed by atoms with E-state index in [2.05, 4.69) is 0 Å². The largest absolute Gasteiger partial charge is 0.496 e. The number of hydrogen-bond acceptors (Lipinski definition) is 4. The molecule has 1 saturated heterocycles. The summed E-state index contributed by atoms with van der Waals surface area (Å²) in [6.07, 6.45) is 7.29. The lowest BCUT2D eigenvalue weighted by Crippen LogP contribution is -2.35. The lowest BCUT2D eigenvalue weighted by atomic mass is 10.2. The molecule has 5 heteroatoms. The van der Waals surface area contributed by atoms with Crippen molar-refractivity contribution in [1.29, 1.82) is 0 Å². The molecule has 2 rings (SSSR count). The number of methoxy groups -OCH3 is 1. The van der Waals surface area contributed by atoms with E-state index in [1.54, 1.807) is 18.1 Å². The molecule has 0 saturated carbocycles. The molecular weight excluding hydrogens is 294 g/mol. The molecule has 0 N–H and O–H groups in total. The van der Waals surface area contributed by atoms with E-state index in [0.717, 1.165) is 44.3 Å². The molecule has 1 aliphatic rings. The highest BCUT2D eigenvalue weighted by molar-refractivity contribution is 5.89. The molecule has 1 aliphatic heterocycles. The average Bonchev–Trinajstić information content (AvgIpc) is 2.87. The van der Waals surface area contributed by atoms with E-state index in [1.807, 2.05) is 24.3 Å². The van der Waals surface area contributed by atoms with Gasteiger partial charge in [0, 0.05) is 24.7 Å². The van der Waals surface area contributed by atoms with Gasteiger partial charge in [-0.2, -0.15) is 0 Å². The second-order valence-electron chi connectivity index (χ2n) is 5.48. The van der Waals surface area contributed by atoms with E-state index >= 15 is 0 Å². The van der Waals surface area contributed by atoms with Gasteiger partial charge in [-0.3, -0.25) is 4.79 Å². The van der Waals surface area contributed by atoms with Gasteiger partial charge in [-0.1, -0.05) is 31.0 Å². The van der Waals surface area contributed by atoms with Crippen LogP contribution < -0.4 is 4.74 Å². The monoisotopic (exact) mass is 317 g/mol. The maximum absolute atomic E-state index is 12.0. The zero-order valence-electron chi connectivity index (χ0n) is 13.5. The molecule has 0 spiro atoms. The summed E-state index contributed by atoms with van der Waals surface area (Å²) in [5.74, 6) is 0.0298. The number of hydrogen-bond donors (Lipinski definition) is 0. The zero-order chi connectivity index (χ0) is 16.5. The summed E-state index contributed by atoms with van der Waals surface area (Å²) < 4.78 is 10.2. The van der Waals surface area contributed by atoms with Gasteiger partial charge in [0.25, 0.3) is 5.91 Å². The van der Waals surface area contributed by atoms with E-state index < -0.39 is 5.97 Å². The molecule has 0 aromatic heterocycles. The summed E-state index contributed by atoms with van der Waals surface area (Å²) in [5.41, 5.74) is 0.783. The lowest BCUT2D eigenvalue weighted by molar-refractivity contribution is -0.148. The summed E-state index contributed by atoms with van der Waals surface area (Å²) in [5, 5.41) is 0. The van der Waals surface area contributed by atoms with E-state index in [1.165, 1.54) is 6.08 Å². The third-order valence-corrected chi connectivity index (χ3v) is 3.83. The minimum Gasteiger partial charge on any atom is -0.496 e. The smallest absolute Gasteiger partial charge is 0.331 e. The molecule has 23 heavy (non-hydrogen) atoms. The first-order chi connectivity index (χ1) is 11.2. The lowest BCUT2D eigenvalue weighted by Gasteiger charge is -2.19. The van der Waals surface area contributed by atoms with Crippen LogP contribution in [-0.4, -0.2) is 43.6 Å². The fourth-order valence-corrected chi connectivity index (χ4v) is 2.55. The van der Waals surface area contributed by atoms with Crippen LogP contribution in [0.1, 0.15) is 31.2 Å². The Morgan fingerprint density at radius 3 is 2.52 bits per heavy atom. The molecule has 0 radical (unpaired) electrons. The Kier molecular flexibility index (Phi) is 6.66. The van der Waals surface area contributed by atoms with Crippen LogP contribution in [-0.2, 0) is 14.3 Å². The second kappa shape index (κ2) is 8.98. The molecule has 5 nitrogen and oxygen atoms in total. The fraction of sp³-hybridized carbons (Fsp3) is 0.444. The molecule has 1 aromatic rings. The number of amides is 1. The molecule has 0 bridgehead atoms. The number of ether oxygens (including phenoxy) is 2. The highest BCUT2D eigenvalue weighted by Crippen LogP contribution is 2.18. The maximum atomic E-state index is 12.0. The summed E-state index contributed by atoms with van der Waals surface area (Å²) in [4.78, 5) is 25.6. The quantitative estimate of drug-likeness (QED) is 0.619. The zero-order valence-corrected chi connectivity index (χ0v) is 13.5. The normalized spacial score (nSPS) is 15.3.